The van der Waals surface area contributed by atoms with E-state index >= 15 is 0 Å². The van der Waals surface area contributed by atoms with Crippen LogP contribution in [0.2, 0.25) is 0 Å². The number of rotatable bonds is 5. The Bertz CT molecular complexity index is 1170. The highest BCUT2D eigenvalue weighted by Crippen LogP contribution is 2.35. The Morgan fingerprint density at radius 3 is 2.68 bits per heavy atom. The molecule has 1 aromatic heterocycles. The fourth-order valence-corrected chi connectivity index (χ4v) is 3.51. The summed E-state index contributed by atoms with van der Waals surface area (Å²) in [7, 11) is 0. The summed E-state index contributed by atoms with van der Waals surface area (Å²) in [6, 6.07) is 20.2. The minimum absolute atomic E-state index is 0.272. The van der Waals surface area contributed by atoms with E-state index in [1.54, 1.807) is 0 Å². The summed E-state index contributed by atoms with van der Waals surface area (Å²) in [5, 5.41) is 7.95. The molecule has 0 spiro atoms. The molecule has 0 amide bonds. The summed E-state index contributed by atoms with van der Waals surface area (Å²) >= 11 is 0. The molecule has 28 heavy (non-hydrogen) atoms. The molecule has 0 atom stereocenters. The molecule has 5 rings (SSSR count). The molecule has 1 aliphatic carbocycles. The monoisotopic (exact) mass is 368 g/mol. The van der Waals surface area contributed by atoms with Gasteiger partial charge in [0.15, 0.2) is 0 Å². The van der Waals surface area contributed by atoms with Gasteiger partial charge < -0.3 is 10.1 Å². The number of nitrogens with one attached hydrogen (secondary N) is 1. The van der Waals surface area contributed by atoms with Crippen LogP contribution in [0.5, 0.6) is 0 Å². The van der Waals surface area contributed by atoms with Crippen molar-refractivity contribution in [2.75, 3.05) is 5.32 Å². The fourth-order valence-electron chi connectivity index (χ4n) is 3.51. The number of nitrogens with zero attached hydrogens (tertiary/aromatic N) is 1. The average molecular weight is 368 g/mol. The number of benzene rings is 3. The number of esters is 1. The fraction of sp³-hybridized carbons (Fsp3) is 0.167. The van der Waals surface area contributed by atoms with Gasteiger partial charge in [-0.1, -0.05) is 36.4 Å². The number of hydrogen-bond donors (Lipinski definition) is 1. The molecule has 1 aliphatic rings. The van der Waals surface area contributed by atoms with Gasteiger partial charge in [0.05, 0.1) is 5.56 Å². The minimum Gasteiger partial charge on any atom is -0.457 e. The van der Waals surface area contributed by atoms with Crippen molar-refractivity contribution in [2.45, 2.75) is 25.5 Å². The molecular weight excluding hydrogens is 348 g/mol. The number of fused-ring (bicyclic) bond motifs is 3. The van der Waals surface area contributed by atoms with Crippen LogP contribution in [-0.2, 0) is 11.3 Å². The lowest BCUT2D eigenvalue weighted by Crippen LogP contribution is -2.05. The summed E-state index contributed by atoms with van der Waals surface area (Å²) in [4.78, 5) is 16.8. The molecule has 4 nitrogen and oxygen atoms in total. The Morgan fingerprint density at radius 1 is 1.00 bits per heavy atom. The number of carbonyl (C=O) groups is 1. The molecule has 4 aromatic rings. The number of anilines is 1. The molecule has 0 bridgehead atoms. The Morgan fingerprint density at radius 2 is 1.86 bits per heavy atom. The smallest absolute Gasteiger partial charge is 0.338 e. The van der Waals surface area contributed by atoms with Crippen molar-refractivity contribution in [3.63, 3.8) is 0 Å². The van der Waals surface area contributed by atoms with E-state index in [1.165, 1.54) is 12.8 Å². The van der Waals surface area contributed by atoms with E-state index in [4.69, 9.17) is 4.74 Å². The average Bonchev–Trinajstić information content (AvgIpc) is 3.56. The highest BCUT2D eigenvalue weighted by atomic mass is 16.5. The van der Waals surface area contributed by atoms with Crippen LogP contribution < -0.4 is 5.32 Å². The number of hydrogen-bond acceptors (Lipinski definition) is 4. The lowest BCUT2D eigenvalue weighted by molar-refractivity contribution is 0.0473. The van der Waals surface area contributed by atoms with Crippen molar-refractivity contribution in [1.82, 2.24) is 4.98 Å². The third kappa shape index (κ3) is 3.29. The van der Waals surface area contributed by atoms with E-state index in [0.717, 1.165) is 32.8 Å². The summed E-state index contributed by atoms with van der Waals surface area (Å²) in [6.07, 6.45) is 6.12. The molecule has 138 valence electrons. The van der Waals surface area contributed by atoms with Gasteiger partial charge in [-0.2, -0.15) is 0 Å². The first-order valence-electron chi connectivity index (χ1n) is 9.56. The molecule has 4 heteroatoms. The van der Waals surface area contributed by atoms with Crippen molar-refractivity contribution in [2.24, 2.45) is 0 Å². The number of ether oxygens (including phenoxy) is 1. The summed E-state index contributed by atoms with van der Waals surface area (Å²) in [5.74, 6) is -0.311. The summed E-state index contributed by atoms with van der Waals surface area (Å²) in [6.45, 7) is 0.272. The van der Waals surface area contributed by atoms with Crippen LogP contribution in [0.4, 0.5) is 5.69 Å². The van der Waals surface area contributed by atoms with Crippen LogP contribution in [0, 0.1) is 0 Å². The van der Waals surface area contributed by atoms with Crippen LogP contribution in [0.25, 0.3) is 21.5 Å². The Balaban J connectivity index is 1.49. The van der Waals surface area contributed by atoms with Crippen LogP contribution in [0.15, 0.2) is 73.1 Å². The molecule has 1 N–H and O–H groups in total. The van der Waals surface area contributed by atoms with E-state index < -0.39 is 0 Å². The Labute approximate surface area is 163 Å². The topological polar surface area (TPSA) is 51.2 Å². The van der Waals surface area contributed by atoms with E-state index in [9.17, 15) is 4.79 Å². The normalized spacial score (nSPS) is 13.6. The van der Waals surface area contributed by atoms with Gasteiger partial charge in [0, 0.05) is 34.9 Å². The molecule has 0 saturated heterocycles. The van der Waals surface area contributed by atoms with Crippen molar-refractivity contribution < 1.29 is 9.53 Å². The third-order valence-electron chi connectivity index (χ3n) is 5.14. The summed E-state index contributed by atoms with van der Waals surface area (Å²) < 4.78 is 5.49. The summed E-state index contributed by atoms with van der Waals surface area (Å²) in [5.41, 5.74) is 2.64. The minimum atomic E-state index is -0.311. The van der Waals surface area contributed by atoms with Crippen LogP contribution in [0.1, 0.15) is 28.8 Å². The zero-order valence-corrected chi connectivity index (χ0v) is 15.4. The first-order valence-corrected chi connectivity index (χ1v) is 9.56. The largest absolute Gasteiger partial charge is 0.457 e. The van der Waals surface area contributed by atoms with Crippen LogP contribution in [0.3, 0.4) is 0 Å². The maximum absolute atomic E-state index is 12.5. The second kappa shape index (κ2) is 6.97. The lowest BCUT2D eigenvalue weighted by Gasteiger charge is -2.13. The van der Waals surface area contributed by atoms with Gasteiger partial charge in [-0.25, -0.2) is 4.79 Å². The van der Waals surface area contributed by atoms with Crippen LogP contribution >= 0.6 is 0 Å². The molecule has 3 aromatic carbocycles. The quantitative estimate of drug-likeness (QED) is 0.383. The molecule has 1 heterocycles. The highest BCUT2D eigenvalue weighted by Gasteiger charge is 2.22. The maximum atomic E-state index is 12.5. The molecule has 1 saturated carbocycles. The maximum Gasteiger partial charge on any atom is 0.338 e. The van der Waals surface area contributed by atoms with Gasteiger partial charge in [0.25, 0.3) is 0 Å². The molecule has 0 unspecified atom stereocenters. The highest BCUT2D eigenvalue weighted by molar-refractivity contribution is 6.13. The SMILES string of the molecule is O=C(OCc1ccccc1)c1ccc2c(c1)cc(NC1CC1)c1ccncc12. The van der Waals surface area contributed by atoms with Gasteiger partial charge in [-0.3, -0.25) is 4.98 Å². The number of pyridine rings is 1. The molecule has 0 aliphatic heterocycles. The molecule has 1 fully saturated rings. The lowest BCUT2D eigenvalue weighted by atomic mass is 10.00. The van der Waals surface area contributed by atoms with Crippen molar-refractivity contribution in [3.05, 3.63) is 84.2 Å². The Kier molecular flexibility index (Phi) is 4.17. The third-order valence-corrected chi connectivity index (χ3v) is 5.14. The van der Waals surface area contributed by atoms with Crippen molar-refractivity contribution in [3.8, 4) is 0 Å². The van der Waals surface area contributed by atoms with E-state index in [-0.39, 0.29) is 12.6 Å². The standard InChI is InChI=1S/C24H20N2O2/c27-24(28-15-16-4-2-1-3-5-16)17-6-9-20-18(12-17)13-23(26-19-7-8-19)21-10-11-25-14-22(20)21/h1-6,9-14,19,26H,7-8,15H2. The first kappa shape index (κ1) is 16.8. The molecular formula is C24H20N2O2. The van der Waals surface area contributed by atoms with E-state index in [2.05, 4.69) is 16.4 Å². The zero-order valence-electron chi connectivity index (χ0n) is 15.4. The van der Waals surface area contributed by atoms with Gasteiger partial charge >= 0.3 is 5.97 Å². The van der Waals surface area contributed by atoms with Gasteiger partial charge in [-0.15, -0.1) is 0 Å². The second-order valence-electron chi connectivity index (χ2n) is 7.26. The molecule has 0 radical (unpaired) electrons. The zero-order chi connectivity index (χ0) is 18.9. The van der Waals surface area contributed by atoms with Gasteiger partial charge in [-0.05, 0) is 53.4 Å². The van der Waals surface area contributed by atoms with Gasteiger partial charge in [0.1, 0.15) is 6.61 Å². The van der Waals surface area contributed by atoms with E-state index in [0.29, 0.717) is 11.6 Å². The van der Waals surface area contributed by atoms with Crippen LogP contribution in [-0.4, -0.2) is 17.0 Å². The second-order valence-corrected chi connectivity index (χ2v) is 7.26. The van der Waals surface area contributed by atoms with Gasteiger partial charge in [0.2, 0.25) is 0 Å². The predicted molar refractivity (Wildman–Crippen MR) is 111 cm³/mol. The first-order chi connectivity index (χ1) is 13.8. The Hall–Kier alpha value is -3.40. The van der Waals surface area contributed by atoms with E-state index in [1.807, 2.05) is 67.0 Å². The number of carbonyl (C=O) groups excluding carboxylic acids is 1. The van der Waals surface area contributed by atoms with Crippen molar-refractivity contribution >= 4 is 33.2 Å². The van der Waals surface area contributed by atoms with Crippen molar-refractivity contribution in [1.29, 1.82) is 0 Å². The predicted octanol–water partition coefficient (Wildman–Crippen LogP) is 5.32. The number of aromatic nitrogens is 1.